The van der Waals surface area contributed by atoms with Gasteiger partial charge in [0.1, 0.15) is 0 Å². The van der Waals surface area contributed by atoms with Crippen LogP contribution in [0.5, 0.6) is 0 Å². The van der Waals surface area contributed by atoms with Crippen molar-refractivity contribution in [2.24, 2.45) is 0 Å². The number of nitrogens with one attached hydrogen (secondary N) is 1. The van der Waals surface area contributed by atoms with E-state index in [-0.39, 0.29) is 0 Å². The molecule has 0 radical (unpaired) electrons. The molecule has 0 amide bonds. The lowest BCUT2D eigenvalue weighted by Gasteiger charge is -2.10. The largest absolute Gasteiger partial charge is 0.388 e. The molecule has 90 valence electrons. The summed E-state index contributed by atoms with van der Waals surface area (Å²) in [6.07, 6.45) is 1.99. The molecule has 2 nitrogen and oxygen atoms in total. The number of rotatable bonds is 3. The number of aryl methyl sites for hydroxylation is 1. The van der Waals surface area contributed by atoms with Crippen LogP contribution < -0.4 is 5.32 Å². The van der Waals surface area contributed by atoms with Gasteiger partial charge in [0.15, 0.2) is 0 Å². The maximum absolute atomic E-state index is 6.20. The normalized spacial score (nSPS) is 10.8. The van der Waals surface area contributed by atoms with Gasteiger partial charge in [0, 0.05) is 23.8 Å². The summed E-state index contributed by atoms with van der Waals surface area (Å²) >= 11 is 12.2. The molecule has 1 aromatic carbocycles. The Morgan fingerprint density at radius 2 is 2.06 bits per heavy atom. The number of nitrogens with zero attached hydrogens (tertiary/aromatic N) is 1. The minimum atomic E-state index is 0.526. The number of anilines is 1. The van der Waals surface area contributed by atoms with Crippen LogP contribution in [0.15, 0.2) is 18.2 Å². The molecule has 0 unspecified atom stereocenters. The molecule has 0 atom stereocenters. The zero-order chi connectivity index (χ0) is 12.4. The van der Waals surface area contributed by atoms with Crippen molar-refractivity contribution in [2.45, 2.75) is 19.8 Å². The first-order chi connectivity index (χ1) is 8.17. The Morgan fingerprint density at radius 1 is 1.29 bits per heavy atom. The highest BCUT2D eigenvalue weighted by Crippen LogP contribution is 2.33. The maximum Gasteiger partial charge on any atom is 0.0927 e. The van der Waals surface area contributed by atoms with E-state index in [1.54, 1.807) is 6.07 Å². The van der Waals surface area contributed by atoms with Crippen molar-refractivity contribution in [3.8, 4) is 0 Å². The third-order valence-electron chi connectivity index (χ3n) is 2.70. The maximum atomic E-state index is 6.20. The Morgan fingerprint density at radius 3 is 2.71 bits per heavy atom. The van der Waals surface area contributed by atoms with Gasteiger partial charge in [0.05, 0.1) is 15.6 Å². The average Bonchev–Trinajstić information content (AvgIpc) is 2.34. The topological polar surface area (TPSA) is 24.9 Å². The van der Waals surface area contributed by atoms with Gasteiger partial charge < -0.3 is 5.32 Å². The molecule has 0 saturated heterocycles. The van der Waals surface area contributed by atoms with E-state index in [1.807, 2.05) is 13.1 Å². The highest BCUT2D eigenvalue weighted by molar-refractivity contribution is 6.45. The Labute approximate surface area is 111 Å². The lowest BCUT2D eigenvalue weighted by molar-refractivity contribution is 0.890. The molecule has 0 saturated carbocycles. The van der Waals surface area contributed by atoms with Gasteiger partial charge in [-0.25, -0.2) is 0 Å². The second-order valence-electron chi connectivity index (χ2n) is 3.92. The fraction of sp³-hybridized carbons (Fsp3) is 0.308. The Balaban J connectivity index is 2.73. The van der Waals surface area contributed by atoms with Crippen LogP contribution in [0.2, 0.25) is 10.0 Å². The highest BCUT2D eigenvalue weighted by Gasteiger charge is 2.10. The van der Waals surface area contributed by atoms with E-state index >= 15 is 0 Å². The number of hydrogen-bond donors (Lipinski definition) is 1. The molecule has 17 heavy (non-hydrogen) atoms. The van der Waals surface area contributed by atoms with Crippen LogP contribution >= 0.6 is 23.2 Å². The molecule has 2 aromatic rings. The lowest BCUT2D eigenvalue weighted by atomic mass is 10.1. The van der Waals surface area contributed by atoms with Gasteiger partial charge in [-0.1, -0.05) is 36.5 Å². The summed E-state index contributed by atoms with van der Waals surface area (Å²) in [6.45, 7) is 2.13. The molecular weight excluding hydrogens is 255 g/mol. The Kier molecular flexibility index (Phi) is 3.75. The molecule has 2 rings (SSSR count). The van der Waals surface area contributed by atoms with Crippen LogP contribution in [0.4, 0.5) is 5.69 Å². The monoisotopic (exact) mass is 268 g/mol. The molecule has 0 fully saturated rings. The van der Waals surface area contributed by atoms with Crippen LogP contribution in [-0.4, -0.2) is 12.0 Å². The second-order valence-corrected chi connectivity index (χ2v) is 4.70. The van der Waals surface area contributed by atoms with Crippen molar-refractivity contribution >= 4 is 39.8 Å². The first kappa shape index (κ1) is 12.5. The summed E-state index contributed by atoms with van der Waals surface area (Å²) in [5.74, 6) is 0. The zero-order valence-electron chi connectivity index (χ0n) is 9.85. The Bertz CT molecular complexity index is 553. The van der Waals surface area contributed by atoms with Crippen LogP contribution in [-0.2, 0) is 6.42 Å². The van der Waals surface area contributed by atoms with Crippen molar-refractivity contribution in [2.75, 3.05) is 12.4 Å². The van der Waals surface area contributed by atoms with Crippen LogP contribution in [0.1, 0.15) is 19.0 Å². The van der Waals surface area contributed by atoms with E-state index in [4.69, 9.17) is 23.2 Å². The van der Waals surface area contributed by atoms with E-state index in [2.05, 4.69) is 23.3 Å². The van der Waals surface area contributed by atoms with Gasteiger partial charge in [-0.2, -0.15) is 0 Å². The predicted molar refractivity (Wildman–Crippen MR) is 75.3 cm³/mol. The molecule has 0 bridgehead atoms. The first-order valence-corrected chi connectivity index (χ1v) is 6.38. The summed E-state index contributed by atoms with van der Waals surface area (Å²) in [7, 11) is 1.90. The Hall–Kier alpha value is -0.990. The number of benzene rings is 1. The molecule has 1 aromatic heterocycles. The summed E-state index contributed by atoms with van der Waals surface area (Å²) in [5, 5.41) is 5.25. The smallest absolute Gasteiger partial charge is 0.0927 e. The molecule has 1 N–H and O–H groups in total. The van der Waals surface area contributed by atoms with E-state index in [1.165, 1.54) is 0 Å². The quantitative estimate of drug-likeness (QED) is 0.885. The van der Waals surface area contributed by atoms with Crippen LogP contribution in [0.3, 0.4) is 0 Å². The molecular formula is C13H14Cl2N2. The molecule has 0 aliphatic heterocycles. The van der Waals surface area contributed by atoms with Crippen molar-refractivity contribution in [3.05, 3.63) is 33.9 Å². The number of fused-ring (bicyclic) bond motifs is 1. The van der Waals surface area contributed by atoms with Gasteiger partial charge in [0.25, 0.3) is 0 Å². The van der Waals surface area contributed by atoms with Crippen molar-refractivity contribution in [1.82, 2.24) is 4.98 Å². The van der Waals surface area contributed by atoms with E-state index < -0.39 is 0 Å². The molecule has 4 heteroatoms. The van der Waals surface area contributed by atoms with Gasteiger partial charge in [-0.3, -0.25) is 4.98 Å². The van der Waals surface area contributed by atoms with Crippen molar-refractivity contribution in [3.63, 3.8) is 0 Å². The van der Waals surface area contributed by atoms with Crippen LogP contribution in [0, 0.1) is 0 Å². The average molecular weight is 269 g/mol. The predicted octanol–water partition coefficient (Wildman–Crippen LogP) is 4.54. The number of pyridine rings is 1. The van der Waals surface area contributed by atoms with Gasteiger partial charge >= 0.3 is 0 Å². The summed E-state index contributed by atoms with van der Waals surface area (Å²) in [4.78, 5) is 4.58. The molecule has 1 heterocycles. The van der Waals surface area contributed by atoms with Gasteiger partial charge in [-0.05, 0) is 24.6 Å². The van der Waals surface area contributed by atoms with Gasteiger partial charge in [0.2, 0.25) is 0 Å². The number of aromatic nitrogens is 1. The number of halogens is 2. The summed E-state index contributed by atoms with van der Waals surface area (Å²) < 4.78 is 0. The van der Waals surface area contributed by atoms with Gasteiger partial charge in [-0.15, -0.1) is 0 Å². The van der Waals surface area contributed by atoms with Crippen molar-refractivity contribution in [1.29, 1.82) is 0 Å². The summed E-state index contributed by atoms with van der Waals surface area (Å²) in [5.41, 5.74) is 2.85. The standard InChI is InChI=1S/C13H14Cl2N2/c1-3-4-8-7-11(16-2)9-5-6-10(14)12(15)13(9)17-8/h5-7H,3-4H2,1-2H3,(H,16,17). The molecule has 0 aliphatic rings. The molecule has 0 aliphatic carbocycles. The highest BCUT2D eigenvalue weighted by atomic mass is 35.5. The SMILES string of the molecule is CCCc1cc(NC)c2ccc(Cl)c(Cl)c2n1. The first-order valence-electron chi connectivity index (χ1n) is 5.62. The fourth-order valence-corrected chi connectivity index (χ4v) is 2.24. The third kappa shape index (κ3) is 2.33. The number of hydrogen-bond acceptors (Lipinski definition) is 2. The summed E-state index contributed by atoms with van der Waals surface area (Å²) in [6, 6.07) is 5.81. The second kappa shape index (κ2) is 5.11. The minimum absolute atomic E-state index is 0.526. The third-order valence-corrected chi connectivity index (χ3v) is 3.50. The fourth-order valence-electron chi connectivity index (χ4n) is 1.88. The minimum Gasteiger partial charge on any atom is -0.388 e. The zero-order valence-corrected chi connectivity index (χ0v) is 11.4. The van der Waals surface area contributed by atoms with E-state index in [0.29, 0.717) is 10.0 Å². The lowest BCUT2D eigenvalue weighted by Crippen LogP contribution is -1.97. The van der Waals surface area contributed by atoms with Crippen molar-refractivity contribution < 1.29 is 0 Å². The van der Waals surface area contributed by atoms with E-state index in [9.17, 15) is 0 Å². The molecule has 0 spiro atoms. The van der Waals surface area contributed by atoms with Crippen LogP contribution in [0.25, 0.3) is 10.9 Å². The van der Waals surface area contributed by atoms with E-state index in [0.717, 1.165) is 35.1 Å².